The molecule has 1 aliphatic carbocycles. The van der Waals surface area contributed by atoms with Crippen LogP contribution in [0.1, 0.15) is 30.5 Å². The number of aliphatic hydroxyl groups excluding tert-OH is 1. The Hall–Kier alpha value is -1.06. The van der Waals surface area contributed by atoms with E-state index in [4.69, 9.17) is 10.8 Å². The average Bonchev–Trinajstić information content (AvgIpc) is 2.68. The molecule has 3 heteroatoms. The van der Waals surface area contributed by atoms with Gasteiger partial charge in [0.05, 0.1) is 0 Å². The summed E-state index contributed by atoms with van der Waals surface area (Å²) in [4.78, 5) is 0. The summed E-state index contributed by atoms with van der Waals surface area (Å²) in [6.45, 7) is 3.16. The smallest absolute Gasteiger partial charge is 0.0468 e. The molecule has 0 fully saturated rings. The number of aryl methyl sites for hydroxylation is 1. The molecule has 0 aromatic heterocycles. The van der Waals surface area contributed by atoms with Crippen LogP contribution in [0.3, 0.4) is 0 Å². The molecule has 16 heavy (non-hydrogen) atoms. The van der Waals surface area contributed by atoms with Crippen LogP contribution in [0.25, 0.3) is 0 Å². The van der Waals surface area contributed by atoms with Gasteiger partial charge in [-0.15, -0.1) is 0 Å². The van der Waals surface area contributed by atoms with Crippen LogP contribution in [0.4, 0.5) is 5.69 Å². The molecule has 4 N–H and O–H groups in total. The van der Waals surface area contributed by atoms with Gasteiger partial charge in [0.2, 0.25) is 0 Å². The molecule has 0 amide bonds. The maximum Gasteiger partial charge on any atom is 0.0468 e. The van der Waals surface area contributed by atoms with Crippen LogP contribution in [0, 0.1) is 5.92 Å². The van der Waals surface area contributed by atoms with E-state index in [1.807, 2.05) is 13.0 Å². The topological polar surface area (TPSA) is 58.3 Å². The SMILES string of the molecule is CC(CO)CNC1CCc2cc(N)ccc21. The highest BCUT2D eigenvalue weighted by Gasteiger charge is 2.22. The number of hydrogen-bond acceptors (Lipinski definition) is 3. The zero-order valence-electron chi connectivity index (χ0n) is 9.74. The Labute approximate surface area is 96.7 Å². The number of rotatable bonds is 4. The molecular formula is C13H20N2O. The molecule has 2 rings (SSSR count). The van der Waals surface area contributed by atoms with Crippen molar-refractivity contribution in [2.24, 2.45) is 5.92 Å². The molecule has 0 aliphatic heterocycles. The molecule has 2 atom stereocenters. The van der Waals surface area contributed by atoms with Crippen molar-refractivity contribution in [2.45, 2.75) is 25.8 Å². The predicted octanol–water partition coefficient (Wildman–Crippen LogP) is 1.47. The Balaban J connectivity index is 2.01. The van der Waals surface area contributed by atoms with Crippen molar-refractivity contribution in [3.63, 3.8) is 0 Å². The molecule has 1 aromatic carbocycles. The molecule has 0 heterocycles. The molecule has 0 spiro atoms. The largest absolute Gasteiger partial charge is 0.399 e. The van der Waals surface area contributed by atoms with Crippen molar-refractivity contribution in [1.29, 1.82) is 0 Å². The lowest BCUT2D eigenvalue weighted by atomic mass is 10.1. The third kappa shape index (κ3) is 2.36. The summed E-state index contributed by atoms with van der Waals surface area (Å²) in [6, 6.07) is 6.60. The van der Waals surface area contributed by atoms with Gasteiger partial charge in [-0.1, -0.05) is 13.0 Å². The summed E-state index contributed by atoms with van der Waals surface area (Å²) in [6.07, 6.45) is 2.24. The maximum absolute atomic E-state index is 8.98. The number of nitrogens with one attached hydrogen (secondary N) is 1. The predicted molar refractivity (Wildman–Crippen MR) is 66.2 cm³/mol. The van der Waals surface area contributed by atoms with E-state index in [2.05, 4.69) is 17.4 Å². The number of fused-ring (bicyclic) bond motifs is 1. The van der Waals surface area contributed by atoms with Gasteiger partial charge in [-0.3, -0.25) is 0 Å². The zero-order chi connectivity index (χ0) is 11.5. The van der Waals surface area contributed by atoms with E-state index in [0.29, 0.717) is 12.0 Å². The molecule has 88 valence electrons. The van der Waals surface area contributed by atoms with Gasteiger partial charge in [0.25, 0.3) is 0 Å². The first-order valence-electron chi connectivity index (χ1n) is 5.93. The van der Waals surface area contributed by atoms with Gasteiger partial charge in [-0.25, -0.2) is 0 Å². The van der Waals surface area contributed by atoms with E-state index < -0.39 is 0 Å². The van der Waals surface area contributed by atoms with Gasteiger partial charge in [0, 0.05) is 24.9 Å². The molecule has 0 bridgehead atoms. The Bertz CT molecular complexity index is 365. The summed E-state index contributed by atoms with van der Waals surface area (Å²) in [5.41, 5.74) is 9.36. The molecule has 1 aliphatic rings. The van der Waals surface area contributed by atoms with Crippen LogP contribution >= 0.6 is 0 Å². The van der Waals surface area contributed by atoms with Gasteiger partial charge < -0.3 is 16.2 Å². The van der Waals surface area contributed by atoms with Crippen LogP contribution < -0.4 is 11.1 Å². The normalized spacial score (nSPS) is 20.8. The third-order valence-electron chi connectivity index (χ3n) is 3.27. The van der Waals surface area contributed by atoms with E-state index in [1.165, 1.54) is 11.1 Å². The number of aliphatic hydroxyl groups is 1. The summed E-state index contributed by atoms with van der Waals surface area (Å²) >= 11 is 0. The number of nitrogen functional groups attached to an aromatic ring is 1. The third-order valence-corrected chi connectivity index (χ3v) is 3.27. The fraction of sp³-hybridized carbons (Fsp3) is 0.538. The average molecular weight is 220 g/mol. The quantitative estimate of drug-likeness (QED) is 0.674. The van der Waals surface area contributed by atoms with Gasteiger partial charge in [-0.2, -0.15) is 0 Å². The van der Waals surface area contributed by atoms with Crippen molar-refractivity contribution in [2.75, 3.05) is 18.9 Å². The van der Waals surface area contributed by atoms with E-state index >= 15 is 0 Å². The molecular weight excluding hydrogens is 200 g/mol. The highest BCUT2D eigenvalue weighted by Crippen LogP contribution is 2.32. The number of hydrogen-bond donors (Lipinski definition) is 3. The second kappa shape index (κ2) is 4.85. The van der Waals surface area contributed by atoms with E-state index in [1.54, 1.807) is 0 Å². The summed E-state index contributed by atoms with van der Waals surface area (Å²) < 4.78 is 0. The van der Waals surface area contributed by atoms with Crippen LogP contribution in [-0.4, -0.2) is 18.3 Å². The second-order valence-electron chi connectivity index (χ2n) is 4.75. The molecule has 0 saturated carbocycles. The summed E-state index contributed by atoms with van der Waals surface area (Å²) in [5.74, 6) is 0.317. The molecule has 0 radical (unpaired) electrons. The van der Waals surface area contributed by atoms with Crippen LogP contribution in [0.2, 0.25) is 0 Å². The van der Waals surface area contributed by atoms with Gasteiger partial charge in [0.1, 0.15) is 0 Å². The highest BCUT2D eigenvalue weighted by atomic mass is 16.3. The van der Waals surface area contributed by atoms with Crippen molar-refractivity contribution < 1.29 is 5.11 Å². The second-order valence-corrected chi connectivity index (χ2v) is 4.75. The lowest BCUT2D eigenvalue weighted by molar-refractivity contribution is 0.230. The minimum Gasteiger partial charge on any atom is -0.399 e. The number of nitrogens with two attached hydrogens (primary N) is 1. The van der Waals surface area contributed by atoms with Crippen molar-refractivity contribution >= 4 is 5.69 Å². The molecule has 2 unspecified atom stereocenters. The van der Waals surface area contributed by atoms with Gasteiger partial charge in [0.15, 0.2) is 0 Å². The van der Waals surface area contributed by atoms with Crippen LogP contribution in [0.5, 0.6) is 0 Å². The van der Waals surface area contributed by atoms with Crippen molar-refractivity contribution in [3.8, 4) is 0 Å². The first-order chi connectivity index (χ1) is 7.70. The summed E-state index contributed by atoms with van der Waals surface area (Å²) in [7, 11) is 0. The molecule has 1 aromatic rings. The molecule has 0 saturated heterocycles. The highest BCUT2D eigenvalue weighted by molar-refractivity contribution is 5.47. The lowest BCUT2D eigenvalue weighted by Crippen LogP contribution is -2.26. The summed E-state index contributed by atoms with van der Waals surface area (Å²) in [5, 5.41) is 12.5. The van der Waals surface area contributed by atoms with E-state index in [0.717, 1.165) is 25.1 Å². The van der Waals surface area contributed by atoms with Crippen LogP contribution in [0.15, 0.2) is 18.2 Å². The molecule has 3 nitrogen and oxygen atoms in total. The Morgan fingerprint density at radius 1 is 1.56 bits per heavy atom. The minimum absolute atomic E-state index is 0.244. The van der Waals surface area contributed by atoms with Gasteiger partial charge in [-0.05, 0) is 42.0 Å². The number of benzene rings is 1. The maximum atomic E-state index is 8.98. The Kier molecular flexibility index (Phi) is 3.46. The fourth-order valence-electron chi connectivity index (χ4n) is 2.26. The van der Waals surface area contributed by atoms with Crippen LogP contribution in [-0.2, 0) is 6.42 Å². The Morgan fingerprint density at radius 2 is 2.38 bits per heavy atom. The number of anilines is 1. The zero-order valence-corrected chi connectivity index (χ0v) is 9.74. The monoisotopic (exact) mass is 220 g/mol. The lowest BCUT2D eigenvalue weighted by Gasteiger charge is -2.16. The standard InChI is InChI=1S/C13H20N2O/c1-9(8-16)7-15-13-5-2-10-6-11(14)3-4-12(10)13/h3-4,6,9,13,15-16H,2,5,7-8,14H2,1H3. The minimum atomic E-state index is 0.244. The first-order valence-corrected chi connectivity index (χ1v) is 5.93. The fourth-order valence-corrected chi connectivity index (χ4v) is 2.26. The van der Waals surface area contributed by atoms with E-state index in [9.17, 15) is 0 Å². The van der Waals surface area contributed by atoms with Crippen molar-refractivity contribution in [1.82, 2.24) is 5.32 Å². The first kappa shape index (κ1) is 11.4. The van der Waals surface area contributed by atoms with E-state index in [-0.39, 0.29) is 6.61 Å². The van der Waals surface area contributed by atoms with Gasteiger partial charge >= 0.3 is 0 Å². The Morgan fingerprint density at radius 3 is 3.12 bits per heavy atom. The van der Waals surface area contributed by atoms with Crippen molar-refractivity contribution in [3.05, 3.63) is 29.3 Å².